The number of thiazole rings is 1. The second-order valence-electron chi connectivity index (χ2n) is 10.3. The molecular formula is C29H25Cl2FN6O3S. The van der Waals surface area contributed by atoms with Gasteiger partial charge in [0.2, 0.25) is 0 Å². The van der Waals surface area contributed by atoms with Gasteiger partial charge in [-0.2, -0.15) is 5.10 Å². The number of aryl methyl sites for hydroxylation is 1. The third kappa shape index (κ3) is 5.20. The van der Waals surface area contributed by atoms with Gasteiger partial charge in [0.25, 0.3) is 5.91 Å². The highest BCUT2D eigenvalue weighted by atomic mass is 35.5. The number of alkyl halides is 1. The van der Waals surface area contributed by atoms with Gasteiger partial charge in [-0.15, -0.1) is 11.3 Å². The summed E-state index contributed by atoms with van der Waals surface area (Å²) in [5.74, 6) is -0.405. The number of nitrogens with zero attached hydrogens (tertiary/aromatic N) is 5. The van der Waals surface area contributed by atoms with E-state index in [2.05, 4.69) is 15.3 Å². The first-order valence-corrected chi connectivity index (χ1v) is 15.2. The van der Waals surface area contributed by atoms with Gasteiger partial charge in [0, 0.05) is 47.3 Å². The van der Waals surface area contributed by atoms with E-state index in [0.29, 0.717) is 50.7 Å². The number of fused-ring (bicyclic) bond motifs is 2. The van der Waals surface area contributed by atoms with Crippen LogP contribution in [0.15, 0.2) is 54.4 Å². The average Bonchev–Trinajstić information content (AvgIpc) is 3.81. The van der Waals surface area contributed by atoms with Gasteiger partial charge in [0.05, 0.1) is 41.8 Å². The van der Waals surface area contributed by atoms with Gasteiger partial charge in [-0.05, 0) is 23.6 Å². The van der Waals surface area contributed by atoms with Crippen molar-refractivity contribution in [1.82, 2.24) is 24.3 Å². The third-order valence-electron chi connectivity index (χ3n) is 7.55. The molecule has 2 aliphatic heterocycles. The number of carbonyl (C=O) groups excluding carboxylic acids is 1. The molecular weight excluding hydrogens is 602 g/mol. The van der Waals surface area contributed by atoms with E-state index in [4.69, 9.17) is 37.8 Å². The van der Waals surface area contributed by atoms with E-state index in [-0.39, 0.29) is 19.3 Å². The number of rotatable bonds is 8. The molecule has 5 aromatic rings. The minimum absolute atomic E-state index is 0.149. The zero-order chi connectivity index (χ0) is 28.8. The molecule has 42 heavy (non-hydrogen) atoms. The molecule has 0 unspecified atom stereocenters. The Morgan fingerprint density at radius 1 is 1.19 bits per heavy atom. The summed E-state index contributed by atoms with van der Waals surface area (Å²) in [6.45, 7) is 1.48. The van der Waals surface area contributed by atoms with Gasteiger partial charge in [-0.25, -0.2) is 14.4 Å². The SMILES string of the molecule is O=C(Nc1nccs1)[C@@H](c1ncn2c1C[C@@H](F)C2)n1cc2c(Cl)cc(-c3ccc(CCC4OCCO4)cc3)c(Cl)c2n1. The summed E-state index contributed by atoms with van der Waals surface area (Å²) in [6, 6.07) is 8.91. The number of halogens is 3. The quantitative estimate of drug-likeness (QED) is 0.224. The molecule has 1 N–H and O–H groups in total. The maximum atomic E-state index is 14.3. The predicted molar refractivity (Wildman–Crippen MR) is 159 cm³/mol. The molecule has 1 amide bonds. The van der Waals surface area contributed by atoms with Crippen LogP contribution in [0.5, 0.6) is 0 Å². The van der Waals surface area contributed by atoms with Gasteiger partial charge < -0.3 is 14.0 Å². The van der Waals surface area contributed by atoms with Crippen LogP contribution < -0.4 is 5.32 Å². The number of benzene rings is 2. The largest absolute Gasteiger partial charge is 0.350 e. The molecule has 5 heterocycles. The van der Waals surface area contributed by atoms with Crippen molar-refractivity contribution in [2.24, 2.45) is 0 Å². The zero-order valence-corrected chi connectivity index (χ0v) is 24.5. The second-order valence-corrected chi connectivity index (χ2v) is 11.9. The number of amides is 1. The summed E-state index contributed by atoms with van der Waals surface area (Å²) in [5.41, 5.74) is 4.29. The van der Waals surface area contributed by atoms with Crippen molar-refractivity contribution < 1.29 is 18.7 Å². The number of hydrogen-bond acceptors (Lipinski definition) is 7. The highest BCUT2D eigenvalue weighted by Crippen LogP contribution is 2.39. The molecule has 0 radical (unpaired) electrons. The summed E-state index contributed by atoms with van der Waals surface area (Å²) in [5, 5.41) is 11.2. The molecule has 0 bridgehead atoms. The lowest BCUT2D eigenvalue weighted by molar-refractivity contribution is -0.118. The van der Waals surface area contributed by atoms with Crippen LogP contribution in [0.2, 0.25) is 10.0 Å². The van der Waals surface area contributed by atoms with Gasteiger partial charge >= 0.3 is 0 Å². The van der Waals surface area contributed by atoms with E-state index in [9.17, 15) is 9.18 Å². The Bertz CT molecular complexity index is 1750. The summed E-state index contributed by atoms with van der Waals surface area (Å²) in [7, 11) is 0. The van der Waals surface area contributed by atoms with Crippen molar-refractivity contribution in [3.63, 3.8) is 0 Å². The summed E-state index contributed by atoms with van der Waals surface area (Å²) in [4.78, 5) is 22.3. The van der Waals surface area contributed by atoms with E-state index in [0.717, 1.165) is 29.5 Å². The standard InChI is InChI=1S/C29H25Cl2FN6O3S/c30-21-12-19(17-4-1-16(2-5-17)3-6-23-40-8-9-41-23)24(31)25-20(21)14-38(36-25)27(28(39)35-29-33-7-10-42-29)26-22-11-18(32)13-37(22)15-34-26/h1-2,4-5,7,10,12,14-15,18,23,27H,3,6,8-9,11,13H2,(H,33,35,39)/t18-,27-/m1/s1. The molecule has 2 aliphatic rings. The Balaban J connectivity index is 1.23. The first-order chi connectivity index (χ1) is 20.4. The average molecular weight is 628 g/mol. The fourth-order valence-corrected chi connectivity index (χ4v) is 6.61. The number of nitrogens with one attached hydrogen (secondary N) is 1. The van der Waals surface area contributed by atoms with E-state index in [1.165, 1.54) is 16.0 Å². The first kappa shape index (κ1) is 27.5. The Labute approximate surface area is 254 Å². The van der Waals surface area contributed by atoms with Crippen molar-refractivity contribution in [1.29, 1.82) is 0 Å². The summed E-state index contributed by atoms with van der Waals surface area (Å²) >= 11 is 15.0. The molecule has 1 saturated heterocycles. The Kier molecular flexibility index (Phi) is 7.45. The monoisotopic (exact) mass is 626 g/mol. The number of hydrogen-bond donors (Lipinski definition) is 1. The minimum atomic E-state index is -1.04. The van der Waals surface area contributed by atoms with E-state index in [1.807, 2.05) is 24.3 Å². The number of aromatic nitrogens is 5. The van der Waals surface area contributed by atoms with Crippen molar-refractivity contribution in [3.05, 3.63) is 81.4 Å². The number of anilines is 1. The lowest BCUT2D eigenvalue weighted by Crippen LogP contribution is -2.28. The van der Waals surface area contributed by atoms with Gasteiger partial charge in [0.1, 0.15) is 11.7 Å². The maximum absolute atomic E-state index is 14.3. The van der Waals surface area contributed by atoms with Crippen LogP contribution in [0, 0.1) is 0 Å². The van der Waals surface area contributed by atoms with Crippen LogP contribution in [-0.2, 0) is 33.7 Å². The molecule has 7 rings (SSSR count). The normalized spacial score (nSPS) is 17.6. The zero-order valence-electron chi connectivity index (χ0n) is 22.2. The van der Waals surface area contributed by atoms with Crippen LogP contribution in [0.4, 0.5) is 9.52 Å². The second kappa shape index (κ2) is 11.4. The highest BCUT2D eigenvalue weighted by molar-refractivity contribution is 7.13. The molecule has 1 fully saturated rings. The smallest absolute Gasteiger partial charge is 0.257 e. The molecule has 9 nitrogen and oxygen atoms in total. The molecule has 2 atom stereocenters. The topological polar surface area (TPSA) is 96.1 Å². The van der Waals surface area contributed by atoms with Crippen LogP contribution in [0.3, 0.4) is 0 Å². The Morgan fingerprint density at radius 3 is 2.76 bits per heavy atom. The van der Waals surface area contributed by atoms with Gasteiger partial charge in [0.15, 0.2) is 17.5 Å². The van der Waals surface area contributed by atoms with Crippen molar-refractivity contribution in [2.45, 2.75) is 44.3 Å². The van der Waals surface area contributed by atoms with Crippen LogP contribution in [-0.4, -0.2) is 55.9 Å². The number of ether oxygens (including phenoxy) is 2. The maximum Gasteiger partial charge on any atom is 0.257 e. The summed E-state index contributed by atoms with van der Waals surface area (Å²) < 4.78 is 28.6. The predicted octanol–water partition coefficient (Wildman–Crippen LogP) is 6.09. The Hall–Kier alpha value is -3.35. The highest BCUT2D eigenvalue weighted by Gasteiger charge is 2.34. The van der Waals surface area contributed by atoms with E-state index in [1.54, 1.807) is 34.7 Å². The van der Waals surface area contributed by atoms with E-state index >= 15 is 0 Å². The van der Waals surface area contributed by atoms with Crippen LogP contribution >= 0.6 is 34.5 Å². The molecule has 0 saturated carbocycles. The molecule has 216 valence electrons. The first-order valence-electron chi connectivity index (χ1n) is 13.5. The fraction of sp³-hybridized carbons (Fsp3) is 0.310. The molecule has 13 heteroatoms. The lowest BCUT2D eigenvalue weighted by atomic mass is 10.0. The molecule has 2 aromatic carbocycles. The minimum Gasteiger partial charge on any atom is -0.350 e. The van der Waals surface area contributed by atoms with Crippen molar-refractivity contribution >= 4 is 56.5 Å². The van der Waals surface area contributed by atoms with E-state index < -0.39 is 18.1 Å². The van der Waals surface area contributed by atoms with Crippen molar-refractivity contribution in [3.8, 4) is 11.1 Å². The summed E-state index contributed by atoms with van der Waals surface area (Å²) in [6.07, 6.45) is 5.45. The molecule has 0 spiro atoms. The lowest BCUT2D eigenvalue weighted by Gasteiger charge is -2.16. The third-order valence-corrected chi connectivity index (χ3v) is 8.94. The number of carbonyl (C=O) groups is 1. The Morgan fingerprint density at radius 2 is 2.00 bits per heavy atom. The van der Waals surface area contributed by atoms with Crippen LogP contribution in [0.25, 0.3) is 22.0 Å². The van der Waals surface area contributed by atoms with Crippen LogP contribution in [0.1, 0.15) is 29.4 Å². The fourth-order valence-electron chi connectivity index (χ4n) is 5.52. The molecule has 0 aliphatic carbocycles. The van der Waals surface area contributed by atoms with Crippen molar-refractivity contribution in [2.75, 3.05) is 18.5 Å². The molecule has 3 aromatic heterocycles. The van der Waals surface area contributed by atoms with Gasteiger partial charge in [-0.3, -0.25) is 14.8 Å². The number of imidazole rings is 1. The van der Waals surface area contributed by atoms with Gasteiger partial charge in [-0.1, -0.05) is 47.5 Å².